The Labute approximate surface area is 144 Å². The van der Waals surface area contributed by atoms with Crippen molar-refractivity contribution in [2.45, 2.75) is 6.54 Å². The fourth-order valence-electron chi connectivity index (χ4n) is 3.03. The number of fused-ring (bicyclic) bond motifs is 1. The van der Waals surface area contributed by atoms with Crippen molar-refractivity contribution in [3.8, 4) is 0 Å². The average molecular weight is 344 g/mol. The first-order valence-electron chi connectivity index (χ1n) is 7.87. The van der Waals surface area contributed by atoms with Crippen molar-refractivity contribution in [2.75, 3.05) is 36.8 Å². The maximum Gasteiger partial charge on any atom is 0.224 e. The molecule has 8 heteroatoms. The molecule has 3 N–H and O–H groups in total. The molecule has 0 radical (unpaired) electrons. The summed E-state index contributed by atoms with van der Waals surface area (Å²) in [5.41, 5.74) is 8.54. The van der Waals surface area contributed by atoms with Crippen molar-refractivity contribution in [2.24, 2.45) is 0 Å². The molecule has 2 aromatic heterocycles. The number of hydrogen-bond acceptors (Lipinski definition) is 6. The van der Waals surface area contributed by atoms with Gasteiger partial charge in [0.2, 0.25) is 5.95 Å². The predicted octanol–water partition coefficient (Wildman–Crippen LogP) is 1.91. The van der Waals surface area contributed by atoms with Crippen LogP contribution in [0.1, 0.15) is 5.56 Å². The first-order chi connectivity index (χ1) is 11.7. The number of piperazine rings is 1. The summed E-state index contributed by atoms with van der Waals surface area (Å²) < 4.78 is 0. The molecular formula is C16H18ClN7. The highest BCUT2D eigenvalue weighted by Gasteiger charge is 2.21. The molecule has 0 saturated carbocycles. The summed E-state index contributed by atoms with van der Waals surface area (Å²) in [6.45, 7) is 4.62. The van der Waals surface area contributed by atoms with Crippen molar-refractivity contribution in [1.82, 2.24) is 24.8 Å². The first-order valence-corrected chi connectivity index (χ1v) is 8.25. The molecule has 3 aromatic rings. The van der Waals surface area contributed by atoms with Crippen LogP contribution in [0.4, 0.5) is 11.8 Å². The van der Waals surface area contributed by atoms with E-state index in [1.165, 1.54) is 5.56 Å². The number of imidazole rings is 1. The lowest BCUT2D eigenvalue weighted by Crippen LogP contribution is -2.46. The molecule has 1 saturated heterocycles. The molecule has 0 spiro atoms. The summed E-state index contributed by atoms with van der Waals surface area (Å²) in [4.78, 5) is 20.5. The van der Waals surface area contributed by atoms with Gasteiger partial charge in [-0.05, 0) is 17.7 Å². The van der Waals surface area contributed by atoms with Crippen LogP contribution < -0.4 is 10.6 Å². The Morgan fingerprint density at radius 3 is 2.58 bits per heavy atom. The minimum atomic E-state index is 0.258. The second kappa shape index (κ2) is 6.26. The van der Waals surface area contributed by atoms with E-state index in [0.29, 0.717) is 5.65 Å². The van der Waals surface area contributed by atoms with Crippen molar-refractivity contribution in [3.63, 3.8) is 0 Å². The van der Waals surface area contributed by atoms with E-state index in [-0.39, 0.29) is 5.95 Å². The number of anilines is 2. The van der Waals surface area contributed by atoms with Gasteiger partial charge in [-0.3, -0.25) is 4.90 Å². The van der Waals surface area contributed by atoms with Gasteiger partial charge < -0.3 is 15.6 Å². The molecule has 1 aliphatic heterocycles. The van der Waals surface area contributed by atoms with Crippen LogP contribution in [0.5, 0.6) is 0 Å². The molecule has 7 nitrogen and oxygen atoms in total. The second-order valence-electron chi connectivity index (χ2n) is 5.90. The minimum absolute atomic E-state index is 0.258. The Morgan fingerprint density at radius 2 is 1.83 bits per heavy atom. The Morgan fingerprint density at radius 1 is 1.08 bits per heavy atom. The highest BCUT2D eigenvalue weighted by atomic mass is 35.5. The number of aromatic amines is 1. The van der Waals surface area contributed by atoms with E-state index < -0.39 is 0 Å². The molecule has 3 heterocycles. The van der Waals surface area contributed by atoms with Gasteiger partial charge >= 0.3 is 0 Å². The number of rotatable bonds is 3. The Hall–Kier alpha value is -2.38. The van der Waals surface area contributed by atoms with Crippen LogP contribution in [-0.2, 0) is 6.54 Å². The fourth-order valence-corrected chi connectivity index (χ4v) is 3.15. The standard InChI is InChI=1S/C16H18ClN7/c17-12-3-1-11(2-4-12)9-23-5-7-24(8-6-23)15-13-14(20-10-19-13)21-16(18)22-15/h1-4,10H,5-9H2,(H3,18,19,20,21,22). The van der Waals surface area contributed by atoms with E-state index in [1.807, 2.05) is 12.1 Å². The highest BCUT2D eigenvalue weighted by Crippen LogP contribution is 2.23. The SMILES string of the molecule is Nc1nc(N2CCN(Cc3ccc(Cl)cc3)CC2)c2[nH]cnc2n1. The first kappa shape index (κ1) is 15.2. The second-order valence-corrected chi connectivity index (χ2v) is 6.33. The van der Waals surface area contributed by atoms with Gasteiger partial charge in [0.1, 0.15) is 5.52 Å². The van der Waals surface area contributed by atoms with E-state index >= 15 is 0 Å². The summed E-state index contributed by atoms with van der Waals surface area (Å²) in [7, 11) is 0. The molecular weight excluding hydrogens is 326 g/mol. The Balaban J connectivity index is 1.45. The molecule has 124 valence electrons. The molecule has 1 aliphatic rings. The number of halogens is 1. The van der Waals surface area contributed by atoms with Gasteiger partial charge in [-0.2, -0.15) is 9.97 Å². The molecule has 24 heavy (non-hydrogen) atoms. The number of nitrogens with one attached hydrogen (secondary N) is 1. The lowest BCUT2D eigenvalue weighted by molar-refractivity contribution is 0.249. The number of nitrogens with two attached hydrogens (primary N) is 1. The predicted molar refractivity (Wildman–Crippen MR) is 95.0 cm³/mol. The molecule has 0 aliphatic carbocycles. The number of nitrogen functional groups attached to an aromatic ring is 1. The van der Waals surface area contributed by atoms with E-state index in [4.69, 9.17) is 17.3 Å². The molecule has 4 rings (SSSR count). The maximum absolute atomic E-state index is 5.94. The van der Waals surface area contributed by atoms with Crippen LogP contribution in [0.2, 0.25) is 5.02 Å². The average Bonchev–Trinajstić information content (AvgIpc) is 3.05. The number of nitrogens with zero attached hydrogens (tertiary/aromatic N) is 5. The van der Waals surface area contributed by atoms with E-state index in [2.05, 4.69) is 41.9 Å². The third kappa shape index (κ3) is 3.00. The van der Waals surface area contributed by atoms with Gasteiger partial charge in [0, 0.05) is 37.7 Å². The number of aromatic nitrogens is 4. The highest BCUT2D eigenvalue weighted by molar-refractivity contribution is 6.30. The van der Waals surface area contributed by atoms with Gasteiger partial charge in [0.15, 0.2) is 11.5 Å². The lowest BCUT2D eigenvalue weighted by atomic mass is 10.2. The van der Waals surface area contributed by atoms with Gasteiger partial charge in [-0.1, -0.05) is 23.7 Å². The van der Waals surface area contributed by atoms with Gasteiger partial charge in [0.25, 0.3) is 0 Å². The van der Waals surface area contributed by atoms with E-state index in [1.54, 1.807) is 6.33 Å². The largest absolute Gasteiger partial charge is 0.368 e. The Bertz CT molecular complexity index is 837. The third-order valence-electron chi connectivity index (χ3n) is 4.28. The number of H-pyrrole nitrogens is 1. The lowest BCUT2D eigenvalue weighted by Gasteiger charge is -2.35. The fraction of sp³-hybridized carbons (Fsp3) is 0.312. The van der Waals surface area contributed by atoms with Crippen LogP contribution in [0.3, 0.4) is 0 Å². The van der Waals surface area contributed by atoms with Crippen LogP contribution in [0, 0.1) is 0 Å². The summed E-state index contributed by atoms with van der Waals surface area (Å²) in [5, 5.41) is 0.772. The molecule has 0 bridgehead atoms. The van der Waals surface area contributed by atoms with Crippen LogP contribution in [-0.4, -0.2) is 51.0 Å². The van der Waals surface area contributed by atoms with Crippen molar-refractivity contribution in [3.05, 3.63) is 41.2 Å². The molecule has 1 aromatic carbocycles. The van der Waals surface area contributed by atoms with Gasteiger partial charge in [-0.25, -0.2) is 4.98 Å². The topological polar surface area (TPSA) is 87.0 Å². The van der Waals surface area contributed by atoms with E-state index in [9.17, 15) is 0 Å². The van der Waals surface area contributed by atoms with Crippen LogP contribution in [0.25, 0.3) is 11.2 Å². The van der Waals surface area contributed by atoms with Crippen LogP contribution in [0.15, 0.2) is 30.6 Å². The quantitative estimate of drug-likeness (QED) is 0.755. The van der Waals surface area contributed by atoms with Crippen molar-refractivity contribution in [1.29, 1.82) is 0 Å². The Kier molecular flexibility index (Phi) is 3.95. The zero-order valence-electron chi connectivity index (χ0n) is 13.1. The van der Waals surface area contributed by atoms with Crippen molar-refractivity contribution >= 4 is 34.5 Å². The molecule has 0 amide bonds. The smallest absolute Gasteiger partial charge is 0.224 e. The monoisotopic (exact) mass is 343 g/mol. The van der Waals surface area contributed by atoms with E-state index in [0.717, 1.165) is 49.1 Å². The van der Waals surface area contributed by atoms with Crippen LogP contribution >= 0.6 is 11.6 Å². The summed E-state index contributed by atoms with van der Waals surface area (Å²) in [5.74, 6) is 1.09. The van der Waals surface area contributed by atoms with Gasteiger partial charge in [-0.15, -0.1) is 0 Å². The molecule has 0 unspecified atom stereocenters. The van der Waals surface area contributed by atoms with Crippen molar-refractivity contribution < 1.29 is 0 Å². The third-order valence-corrected chi connectivity index (χ3v) is 4.53. The molecule has 0 atom stereocenters. The summed E-state index contributed by atoms with van der Waals surface area (Å²) in [6, 6.07) is 8.03. The number of hydrogen-bond donors (Lipinski definition) is 2. The zero-order valence-corrected chi connectivity index (χ0v) is 13.9. The number of benzene rings is 1. The summed E-state index contributed by atoms with van der Waals surface area (Å²) >= 11 is 5.94. The zero-order chi connectivity index (χ0) is 16.5. The van der Waals surface area contributed by atoms with Gasteiger partial charge in [0.05, 0.1) is 6.33 Å². The molecule has 1 fully saturated rings. The summed E-state index contributed by atoms with van der Waals surface area (Å²) in [6.07, 6.45) is 1.62. The maximum atomic E-state index is 5.94. The minimum Gasteiger partial charge on any atom is -0.368 e. The normalized spacial score (nSPS) is 16.0.